The fourth-order valence-corrected chi connectivity index (χ4v) is 3.16. The smallest absolute Gasteiger partial charge is 0.103 e. The predicted molar refractivity (Wildman–Crippen MR) is 79.5 cm³/mol. The highest BCUT2D eigenvalue weighted by Gasteiger charge is 2.24. The first-order chi connectivity index (χ1) is 9.29. The lowest BCUT2D eigenvalue weighted by Crippen LogP contribution is -3.14. The average molecular weight is 262 g/mol. The molecule has 1 aliphatic heterocycles. The van der Waals surface area contributed by atoms with E-state index in [0.717, 1.165) is 25.3 Å². The second-order valence-corrected chi connectivity index (χ2v) is 5.94. The molecule has 0 unspecified atom stereocenters. The van der Waals surface area contributed by atoms with Crippen molar-refractivity contribution >= 4 is 0 Å². The molecule has 1 aliphatic rings. The van der Waals surface area contributed by atoms with E-state index in [4.69, 9.17) is 0 Å². The molecule has 1 fully saturated rings. The zero-order valence-corrected chi connectivity index (χ0v) is 12.1. The van der Waals surface area contributed by atoms with Crippen LogP contribution in [-0.4, -0.2) is 30.8 Å². The van der Waals surface area contributed by atoms with E-state index in [0.29, 0.717) is 0 Å². The molecule has 0 amide bonds. The highest BCUT2D eigenvalue weighted by Crippen LogP contribution is 2.23. The van der Waals surface area contributed by atoms with Gasteiger partial charge in [0.15, 0.2) is 0 Å². The van der Waals surface area contributed by atoms with Gasteiger partial charge < -0.3 is 10.0 Å². The molecule has 0 bridgehead atoms. The Morgan fingerprint density at radius 2 is 1.89 bits per heavy atom. The van der Waals surface area contributed by atoms with E-state index in [9.17, 15) is 5.11 Å². The normalized spacial score (nSPS) is 25.2. The Hall–Kier alpha value is -0.860. The van der Waals surface area contributed by atoms with Gasteiger partial charge >= 0.3 is 0 Å². The maximum absolute atomic E-state index is 9.99. The third-order valence-corrected chi connectivity index (χ3v) is 4.38. The Labute approximate surface area is 117 Å². The number of hydrogen-bond acceptors (Lipinski definition) is 1. The van der Waals surface area contributed by atoms with Gasteiger partial charge in [0, 0.05) is 12.8 Å². The molecule has 1 aromatic rings. The standard InChI is InChI=1S/C17H27NO/c1-2-3-9-17(19)14-18-12-10-16(11-13-18)15-7-5-4-6-8-15/h4-8,16-17,19H,2-3,9-14H2,1H3/p+1/t17-/m0/s1. The van der Waals surface area contributed by atoms with E-state index in [-0.39, 0.29) is 6.10 Å². The van der Waals surface area contributed by atoms with E-state index in [1.54, 1.807) is 4.90 Å². The topological polar surface area (TPSA) is 24.7 Å². The van der Waals surface area contributed by atoms with Gasteiger partial charge in [-0.15, -0.1) is 0 Å². The summed E-state index contributed by atoms with van der Waals surface area (Å²) >= 11 is 0. The largest absolute Gasteiger partial charge is 0.387 e. The number of likely N-dealkylation sites (tertiary alicyclic amines) is 1. The van der Waals surface area contributed by atoms with Crippen LogP contribution in [0, 0.1) is 0 Å². The fourth-order valence-electron chi connectivity index (χ4n) is 3.16. The summed E-state index contributed by atoms with van der Waals surface area (Å²) in [4.78, 5) is 1.59. The van der Waals surface area contributed by atoms with E-state index in [2.05, 4.69) is 37.3 Å². The molecule has 1 aromatic carbocycles. The van der Waals surface area contributed by atoms with Gasteiger partial charge in [0.05, 0.1) is 13.1 Å². The van der Waals surface area contributed by atoms with Crippen LogP contribution in [0.2, 0.25) is 0 Å². The summed E-state index contributed by atoms with van der Waals surface area (Å²) in [6.45, 7) is 5.55. The number of nitrogens with one attached hydrogen (secondary N) is 1. The van der Waals surface area contributed by atoms with Crippen LogP contribution < -0.4 is 4.90 Å². The van der Waals surface area contributed by atoms with Gasteiger partial charge in [-0.1, -0.05) is 50.1 Å². The number of aliphatic hydroxyl groups excluding tert-OH is 1. The molecule has 0 spiro atoms. The van der Waals surface area contributed by atoms with E-state index in [1.807, 2.05) is 0 Å². The zero-order valence-electron chi connectivity index (χ0n) is 12.1. The Kier molecular flexibility index (Phi) is 5.87. The number of rotatable bonds is 6. The van der Waals surface area contributed by atoms with Gasteiger partial charge in [-0.25, -0.2) is 0 Å². The highest BCUT2D eigenvalue weighted by molar-refractivity contribution is 5.19. The van der Waals surface area contributed by atoms with Crippen molar-refractivity contribution in [1.82, 2.24) is 0 Å². The van der Waals surface area contributed by atoms with Crippen molar-refractivity contribution in [2.75, 3.05) is 19.6 Å². The fraction of sp³-hybridized carbons (Fsp3) is 0.647. The zero-order chi connectivity index (χ0) is 13.5. The molecule has 0 saturated carbocycles. The van der Waals surface area contributed by atoms with Crippen LogP contribution >= 0.6 is 0 Å². The first-order valence-corrected chi connectivity index (χ1v) is 7.86. The molecule has 1 heterocycles. The molecular weight excluding hydrogens is 234 g/mol. The summed E-state index contributed by atoms with van der Waals surface area (Å²) in [7, 11) is 0. The number of aliphatic hydroxyl groups is 1. The maximum atomic E-state index is 9.99. The Balaban J connectivity index is 1.73. The van der Waals surface area contributed by atoms with Gasteiger partial charge in [0.2, 0.25) is 0 Å². The number of unbranched alkanes of at least 4 members (excludes halogenated alkanes) is 1. The Morgan fingerprint density at radius 3 is 2.53 bits per heavy atom. The number of benzene rings is 1. The van der Waals surface area contributed by atoms with Crippen LogP contribution in [0.15, 0.2) is 30.3 Å². The first kappa shape index (κ1) is 14.5. The average Bonchev–Trinajstić information content (AvgIpc) is 2.47. The summed E-state index contributed by atoms with van der Waals surface area (Å²) in [6, 6.07) is 10.9. The molecule has 0 radical (unpaired) electrons. The van der Waals surface area contributed by atoms with Crippen LogP contribution in [0.3, 0.4) is 0 Å². The van der Waals surface area contributed by atoms with Crippen molar-refractivity contribution in [3.63, 3.8) is 0 Å². The molecule has 2 nitrogen and oxygen atoms in total. The molecule has 0 aliphatic carbocycles. The minimum atomic E-state index is -0.0942. The molecule has 0 aromatic heterocycles. The van der Waals surface area contributed by atoms with Crippen LogP contribution in [-0.2, 0) is 0 Å². The van der Waals surface area contributed by atoms with Crippen molar-refractivity contribution in [2.24, 2.45) is 0 Å². The molecule has 1 saturated heterocycles. The molecule has 1 atom stereocenters. The van der Waals surface area contributed by atoms with Crippen molar-refractivity contribution in [3.05, 3.63) is 35.9 Å². The number of quaternary nitrogens is 1. The van der Waals surface area contributed by atoms with Crippen molar-refractivity contribution < 1.29 is 10.0 Å². The van der Waals surface area contributed by atoms with Crippen LogP contribution in [0.25, 0.3) is 0 Å². The third kappa shape index (κ3) is 4.63. The molecule has 2 heteroatoms. The first-order valence-electron chi connectivity index (χ1n) is 7.86. The van der Waals surface area contributed by atoms with Crippen molar-refractivity contribution in [2.45, 2.75) is 51.0 Å². The molecule has 106 valence electrons. The number of piperidine rings is 1. The van der Waals surface area contributed by atoms with Crippen molar-refractivity contribution in [3.8, 4) is 0 Å². The highest BCUT2D eigenvalue weighted by atomic mass is 16.3. The summed E-state index contributed by atoms with van der Waals surface area (Å²) < 4.78 is 0. The monoisotopic (exact) mass is 262 g/mol. The summed E-state index contributed by atoms with van der Waals surface area (Å²) in [5.74, 6) is 0.734. The predicted octanol–water partition coefficient (Wildman–Crippen LogP) is 2.00. The second-order valence-electron chi connectivity index (χ2n) is 5.94. The molecular formula is C17H28NO+. The number of hydrogen-bond donors (Lipinski definition) is 2. The molecule has 2 rings (SSSR count). The molecule has 19 heavy (non-hydrogen) atoms. The van der Waals surface area contributed by atoms with Crippen molar-refractivity contribution in [1.29, 1.82) is 0 Å². The lowest BCUT2D eigenvalue weighted by atomic mass is 9.89. The summed E-state index contributed by atoms with van der Waals surface area (Å²) in [5, 5.41) is 9.99. The maximum Gasteiger partial charge on any atom is 0.103 e. The lowest BCUT2D eigenvalue weighted by molar-refractivity contribution is -0.908. The van der Waals surface area contributed by atoms with E-state index >= 15 is 0 Å². The van der Waals surface area contributed by atoms with Crippen LogP contribution in [0.5, 0.6) is 0 Å². The van der Waals surface area contributed by atoms with Gasteiger partial charge in [-0.3, -0.25) is 0 Å². The SMILES string of the molecule is CCCC[C@H](O)C[NH+]1CCC(c2ccccc2)CC1. The Bertz CT molecular complexity index is 344. The van der Waals surface area contributed by atoms with Gasteiger partial charge in [0.1, 0.15) is 12.6 Å². The van der Waals surface area contributed by atoms with E-state index in [1.165, 1.54) is 37.9 Å². The lowest BCUT2D eigenvalue weighted by Gasteiger charge is -2.30. The van der Waals surface area contributed by atoms with Crippen LogP contribution in [0.4, 0.5) is 0 Å². The van der Waals surface area contributed by atoms with Gasteiger partial charge in [0.25, 0.3) is 0 Å². The quantitative estimate of drug-likeness (QED) is 0.805. The Morgan fingerprint density at radius 1 is 1.21 bits per heavy atom. The van der Waals surface area contributed by atoms with E-state index < -0.39 is 0 Å². The summed E-state index contributed by atoms with van der Waals surface area (Å²) in [6.07, 6.45) is 5.74. The van der Waals surface area contributed by atoms with Crippen LogP contribution in [0.1, 0.15) is 50.5 Å². The minimum absolute atomic E-state index is 0.0942. The third-order valence-electron chi connectivity index (χ3n) is 4.38. The van der Waals surface area contributed by atoms with Gasteiger partial charge in [-0.05, 0) is 17.9 Å². The molecule has 2 N–H and O–H groups in total. The summed E-state index contributed by atoms with van der Waals surface area (Å²) in [5.41, 5.74) is 1.49. The second kappa shape index (κ2) is 7.66. The van der Waals surface area contributed by atoms with Gasteiger partial charge in [-0.2, -0.15) is 0 Å². The minimum Gasteiger partial charge on any atom is -0.387 e.